The predicted molar refractivity (Wildman–Crippen MR) is 115 cm³/mol. The number of hydrogen-bond acceptors (Lipinski definition) is 8. The predicted octanol–water partition coefficient (Wildman–Crippen LogP) is 2.42. The van der Waals surface area contributed by atoms with Crippen LogP contribution in [0.3, 0.4) is 0 Å². The number of ketones is 1. The van der Waals surface area contributed by atoms with E-state index < -0.39 is 24.1 Å². The Balaban J connectivity index is 1.71. The third-order valence-corrected chi connectivity index (χ3v) is 7.09. The normalized spacial score (nSPS) is 25.4. The van der Waals surface area contributed by atoms with Gasteiger partial charge in [-0.2, -0.15) is 0 Å². The minimum Gasteiger partial charge on any atom is -0.504 e. The van der Waals surface area contributed by atoms with E-state index in [-0.39, 0.29) is 35.3 Å². The second-order valence-corrected chi connectivity index (χ2v) is 9.11. The molecule has 7 nitrogen and oxygen atoms in total. The van der Waals surface area contributed by atoms with Gasteiger partial charge in [-0.15, -0.1) is 11.8 Å². The van der Waals surface area contributed by atoms with E-state index in [1.807, 2.05) is 12.1 Å². The molecule has 2 aromatic rings. The van der Waals surface area contributed by atoms with Gasteiger partial charge in [0.2, 0.25) is 5.75 Å². The van der Waals surface area contributed by atoms with Crippen molar-refractivity contribution < 1.29 is 34.3 Å². The highest BCUT2D eigenvalue weighted by atomic mass is 32.2. The average molecular weight is 447 g/mol. The maximum atomic E-state index is 12.7. The molecule has 1 unspecified atom stereocenters. The summed E-state index contributed by atoms with van der Waals surface area (Å²) in [6.07, 6.45) is -1.64. The van der Waals surface area contributed by atoms with Crippen LogP contribution in [0.1, 0.15) is 29.2 Å². The van der Waals surface area contributed by atoms with E-state index in [4.69, 9.17) is 14.2 Å². The smallest absolute Gasteiger partial charge is 0.203 e. The molecule has 0 aliphatic carbocycles. The lowest BCUT2D eigenvalue weighted by molar-refractivity contribution is -0.161. The van der Waals surface area contributed by atoms with Gasteiger partial charge in [0.05, 0.1) is 26.9 Å². The fourth-order valence-corrected chi connectivity index (χ4v) is 5.63. The summed E-state index contributed by atoms with van der Waals surface area (Å²) in [6, 6.07) is 9.96. The maximum absolute atomic E-state index is 12.7. The Morgan fingerprint density at radius 1 is 1.19 bits per heavy atom. The minimum atomic E-state index is -1.27. The van der Waals surface area contributed by atoms with E-state index in [9.17, 15) is 20.1 Å². The first-order valence-corrected chi connectivity index (χ1v) is 11.0. The van der Waals surface area contributed by atoms with Crippen LogP contribution in [0.4, 0.5) is 0 Å². The largest absolute Gasteiger partial charge is 0.504 e. The van der Waals surface area contributed by atoms with Gasteiger partial charge in [0.15, 0.2) is 17.3 Å². The number of benzene rings is 2. The molecule has 2 heterocycles. The molecule has 2 aromatic carbocycles. The number of phenols is 1. The number of methoxy groups -OCH3 is 2. The van der Waals surface area contributed by atoms with Crippen LogP contribution >= 0.6 is 11.8 Å². The summed E-state index contributed by atoms with van der Waals surface area (Å²) >= 11 is 1.78. The number of carbonyl (C=O) groups excluding carboxylic acids is 1. The third kappa shape index (κ3) is 4.13. The van der Waals surface area contributed by atoms with E-state index in [0.29, 0.717) is 12.2 Å². The first-order chi connectivity index (χ1) is 15.0. The fourth-order valence-electron chi connectivity index (χ4n) is 4.28. The van der Waals surface area contributed by atoms with Crippen LogP contribution in [0.2, 0.25) is 0 Å². The highest BCUT2D eigenvalue weighted by molar-refractivity contribution is 8.00. The van der Waals surface area contributed by atoms with E-state index >= 15 is 0 Å². The van der Waals surface area contributed by atoms with Crippen molar-refractivity contribution in [1.82, 2.24) is 0 Å². The number of ether oxygens (including phenoxy) is 3. The minimum absolute atomic E-state index is 0.0176. The van der Waals surface area contributed by atoms with Crippen molar-refractivity contribution in [3.63, 3.8) is 0 Å². The summed E-state index contributed by atoms with van der Waals surface area (Å²) in [4.78, 5) is 13.9. The zero-order valence-electron chi connectivity index (χ0n) is 17.4. The summed E-state index contributed by atoms with van der Waals surface area (Å²) in [6.45, 7) is -0.335. The van der Waals surface area contributed by atoms with Gasteiger partial charge in [-0.3, -0.25) is 4.79 Å². The lowest BCUT2D eigenvalue weighted by Gasteiger charge is -2.32. The topological polar surface area (TPSA) is 105 Å². The molecular formula is C23H26O7S. The lowest BCUT2D eigenvalue weighted by atomic mass is 9.91. The molecule has 1 saturated heterocycles. The summed E-state index contributed by atoms with van der Waals surface area (Å²) in [5, 5.41) is 30.7. The van der Waals surface area contributed by atoms with E-state index in [1.54, 1.807) is 17.8 Å². The molecule has 2 aliphatic rings. The molecule has 31 heavy (non-hydrogen) atoms. The molecule has 4 rings (SSSR count). The van der Waals surface area contributed by atoms with Crippen molar-refractivity contribution in [3.8, 4) is 17.2 Å². The number of aliphatic hydroxyl groups is 2. The van der Waals surface area contributed by atoms with Gasteiger partial charge in [-0.05, 0) is 36.1 Å². The van der Waals surface area contributed by atoms with Crippen molar-refractivity contribution in [2.24, 2.45) is 0 Å². The maximum Gasteiger partial charge on any atom is 0.203 e. The van der Waals surface area contributed by atoms with Crippen LogP contribution in [-0.4, -0.2) is 59.4 Å². The monoisotopic (exact) mass is 446 g/mol. The number of thioether (sulfide) groups is 1. The standard InChI is InChI=1S/C23H26O7S/c1-28-21-13(8-15-7-12-5-3-4-6-18(12)31-15)9-16(19(26)23(21)29-2)22-20(27)17(25)10-14(11-24)30-22/h3-6,9,14-15,17,22,24-26H,7-8,10-11H2,1-2H3/t14-,15?,17-,22-/m0/s1. The van der Waals surface area contributed by atoms with Gasteiger partial charge in [-0.25, -0.2) is 0 Å². The van der Waals surface area contributed by atoms with Crippen molar-refractivity contribution in [3.05, 3.63) is 47.0 Å². The van der Waals surface area contributed by atoms with Crippen molar-refractivity contribution in [2.45, 2.75) is 47.7 Å². The SMILES string of the molecule is COc1c(CC2Cc3ccccc3S2)cc([C@@H]2O[C@H](CO)C[C@H](O)C2=O)c(O)c1OC. The van der Waals surface area contributed by atoms with Crippen LogP contribution in [0.5, 0.6) is 17.2 Å². The Bertz CT molecular complexity index is 952. The number of Topliss-reactive ketones (excluding diaryl/α,β-unsaturated/α-hetero) is 1. The molecule has 166 valence electrons. The Morgan fingerprint density at radius 2 is 1.94 bits per heavy atom. The first kappa shape index (κ1) is 22.0. The molecule has 0 bridgehead atoms. The zero-order valence-corrected chi connectivity index (χ0v) is 18.2. The van der Waals surface area contributed by atoms with E-state index in [1.165, 1.54) is 24.7 Å². The molecule has 1 fully saturated rings. The van der Waals surface area contributed by atoms with Gasteiger partial charge in [0.25, 0.3) is 0 Å². The highest BCUT2D eigenvalue weighted by Gasteiger charge is 2.40. The molecule has 3 N–H and O–H groups in total. The van der Waals surface area contributed by atoms with Crippen LogP contribution in [0.25, 0.3) is 0 Å². The van der Waals surface area contributed by atoms with Gasteiger partial charge >= 0.3 is 0 Å². The number of aromatic hydroxyl groups is 1. The van der Waals surface area contributed by atoms with Crippen molar-refractivity contribution in [1.29, 1.82) is 0 Å². The van der Waals surface area contributed by atoms with Crippen LogP contribution in [0, 0.1) is 0 Å². The first-order valence-electron chi connectivity index (χ1n) is 10.2. The molecule has 4 atom stereocenters. The van der Waals surface area contributed by atoms with Crippen LogP contribution in [0.15, 0.2) is 35.2 Å². The molecule has 0 radical (unpaired) electrons. The number of phenolic OH excluding ortho intramolecular Hbond substituents is 1. The summed E-state index contributed by atoms with van der Waals surface area (Å²) < 4.78 is 16.7. The van der Waals surface area contributed by atoms with Crippen LogP contribution < -0.4 is 9.47 Å². The second-order valence-electron chi connectivity index (χ2n) is 7.77. The molecule has 0 aromatic heterocycles. The summed E-state index contributed by atoms with van der Waals surface area (Å²) in [5.74, 6) is -0.300. The lowest BCUT2D eigenvalue weighted by Crippen LogP contribution is -2.41. The Labute approximate surface area is 184 Å². The van der Waals surface area contributed by atoms with Gasteiger partial charge in [0.1, 0.15) is 12.2 Å². The number of rotatable bonds is 6. The summed E-state index contributed by atoms with van der Waals surface area (Å²) in [7, 11) is 2.92. The number of fused-ring (bicyclic) bond motifs is 1. The number of hydrogen-bond donors (Lipinski definition) is 3. The van der Waals surface area contributed by atoms with Gasteiger partial charge < -0.3 is 29.5 Å². The van der Waals surface area contributed by atoms with Gasteiger partial charge in [-0.1, -0.05) is 18.2 Å². The Hall–Kier alpha value is -2.26. The Kier molecular flexibility index (Phi) is 6.43. The highest BCUT2D eigenvalue weighted by Crippen LogP contribution is 2.48. The molecule has 0 amide bonds. The second kappa shape index (κ2) is 9.08. The molecular weight excluding hydrogens is 420 g/mol. The van der Waals surface area contributed by atoms with Crippen molar-refractivity contribution >= 4 is 17.5 Å². The third-order valence-electron chi connectivity index (χ3n) is 5.77. The van der Waals surface area contributed by atoms with E-state index in [0.717, 1.165) is 12.0 Å². The molecule has 2 aliphatic heterocycles. The van der Waals surface area contributed by atoms with Crippen LogP contribution in [-0.2, 0) is 22.4 Å². The molecule has 0 saturated carbocycles. The van der Waals surface area contributed by atoms with Gasteiger partial charge in [0, 0.05) is 22.1 Å². The fraction of sp³-hybridized carbons (Fsp3) is 0.435. The van der Waals surface area contributed by atoms with E-state index in [2.05, 4.69) is 12.1 Å². The van der Waals surface area contributed by atoms with Crippen molar-refractivity contribution in [2.75, 3.05) is 20.8 Å². The molecule has 8 heteroatoms. The Morgan fingerprint density at radius 3 is 2.61 bits per heavy atom. The summed E-state index contributed by atoms with van der Waals surface area (Å²) in [5.41, 5.74) is 2.27. The quantitative estimate of drug-likeness (QED) is 0.621. The molecule has 0 spiro atoms. The number of aliphatic hydroxyl groups excluding tert-OH is 2. The number of carbonyl (C=O) groups is 1. The average Bonchev–Trinajstić information content (AvgIpc) is 3.18. The zero-order chi connectivity index (χ0) is 22.1.